The Balaban J connectivity index is 1.27. The third-order valence-electron chi connectivity index (χ3n) is 11.8. The van der Waals surface area contributed by atoms with Gasteiger partial charge in [-0.3, -0.25) is 29.5 Å². The molecule has 6 atom stereocenters. The Bertz CT molecular complexity index is 2340. The van der Waals surface area contributed by atoms with Crippen molar-refractivity contribution in [1.29, 1.82) is 0 Å². The summed E-state index contributed by atoms with van der Waals surface area (Å²) in [7, 11) is 0. The lowest BCUT2D eigenvalue weighted by atomic mass is 9.49. The number of rotatable bonds is 10. The summed E-state index contributed by atoms with van der Waals surface area (Å²) in [6, 6.07) is 20.4. The summed E-state index contributed by atoms with van der Waals surface area (Å²) in [6.07, 6.45) is -1.88. The van der Waals surface area contributed by atoms with Crippen LogP contribution in [0, 0.1) is 23.7 Å². The van der Waals surface area contributed by atoms with E-state index in [1.165, 1.54) is 17.0 Å². The number of anilines is 1. The number of carbonyl (C=O) groups excluding carboxylic acids is 4. The van der Waals surface area contributed by atoms with Crippen LogP contribution in [0.1, 0.15) is 41.0 Å². The lowest BCUT2D eigenvalue weighted by molar-refractivity contribution is -0.141. The van der Waals surface area contributed by atoms with Crippen LogP contribution in [0.15, 0.2) is 96.7 Å². The molecule has 4 aromatic rings. The van der Waals surface area contributed by atoms with Crippen molar-refractivity contribution < 1.29 is 47.3 Å². The van der Waals surface area contributed by atoms with E-state index in [0.29, 0.717) is 46.2 Å². The molecule has 1 aromatic heterocycles. The van der Waals surface area contributed by atoms with Gasteiger partial charge < -0.3 is 14.9 Å². The van der Waals surface area contributed by atoms with Crippen LogP contribution < -0.4 is 10.2 Å². The van der Waals surface area contributed by atoms with Crippen molar-refractivity contribution in [1.82, 2.24) is 14.9 Å². The smallest absolute Gasteiger partial charge is 0.417 e. The van der Waals surface area contributed by atoms with E-state index in [-0.39, 0.29) is 50.1 Å². The summed E-state index contributed by atoms with van der Waals surface area (Å²) in [5.41, 5.74) is 2.05. The zero-order valence-electron chi connectivity index (χ0n) is 30.5. The van der Waals surface area contributed by atoms with E-state index in [2.05, 4.69) is 10.4 Å². The summed E-state index contributed by atoms with van der Waals surface area (Å²) in [5, 5.41) is 20.1. The highest BCUT2D eigenvalue weighted by Gasteiger charge is 2.70. The number of alkyl halides is 3. The zero-order chi connectivity index (χ0) is 41.1. The molecule has 2 aliphatic carbocycles. The maximum atomic E-state index is 15.4. The van der Waals surface area contributed by atoms with E-state index in [0.717, 1.165) is 10.6 Å². The van der Waals surface area contributed by atoms with Gasteiger partial charge in [-0.15, -0.1) is 0 Å². The Morgan fingerprint density at radius 1 is 0.931 bits per heavy atom. The number of nitrogens with zero attached hydrogens (tertiary/aromatic N) is 3. The number of allylic oxidation sites excluding steroid dienone is 2. The number of likely N-dealkylation sites (tertiary alicyclic amines) is 1. The predicted molar refractivity (Wildman–Crippen MR) is 204 cm³/mol. The van der Waals surface area contributed by atoms with Crippen LogP contribution in [-0.4, -0.2) is 68.5 Å². The van der Waals surface area contributed by atoms with Gasteiger partial charge in [-0.2, -0.15) is 18.2 Å². The summed E-state index contributed by atoms with van der Waals surface area (Å²) in [6.45, 7) is -0.339. The number of aromatic hydroxyl groups is 1. The van der Waals surface area contributed by atoms with Gasteiger partial charge in [-0.05, 0) is 72.7 Å². The fourth-order valence-electron chi connectivity index (χ4n) is 9.32. The second-order valence-corrected chi connectivity index (χ2v) is 15.6. The van der Waals surface area contributed by atoms with Gasteiger partial charge in [-0.25, -0.2) is 4.98 Å². The molecule has 3 fully saturated rings. The van der Waals surface area contributed by atoms with E-state index in [9.17, 15) is 37.8 Å². The number of benzene rings is 3. The lowest BCUT2D eigenvalue weighted by Gasteiger charge is -2.50. The Labute approximate surface area is 340 Å². The largest absolute Gasteiger partial charge is 0.508 e. The molecule has 8 rings (SSSR count). The highest BCUT2D eigenvalue weighted by molar-refractivity contribution is 6.33. The van der Waals surface area contributed by atoms with Gasteiger partial charge >= 0.3 is 6.18 Å². The normalized spacial score (nSPS) is 25.3. The molecular weight excluding hydrogens is 800 g/mol. The number of phenolic OH excluding ortho intramolecular Hbond substituents is 1. The molecule has 58 heavy (non-hydrogen) atoms. The van der Waals surface area contributed by atoms with Crippen LogP contribution in [0.5, 0.6) is 11.5 Å². The number of hydrogen-bond donors (Lipinski definition) is 3. The zero-order valence-corrected chi connectivity index (χ0v) is 32.0. The number of aliphatic hydroxyl groups excluding tert-OH is 1. The summed E-state index contributed by atoms with van der Waals surface area (Å²) >= 11 is 12.6. The number of carbonyl (C=O) groups is 4. The van der Waals surface area contributed by atoms with Gasteiger partial charge in [0.05, 0.1) is 40.4 Å². The average molecular weight is 836 g/mol. The average Bonchev–Trinajstić information content (AvgIpc) is 3.57. The van der Waals surface area contributed by atoms with Crippen molar-refractivity contribution in [2.24, 2.45) is 23.7 Å². The van der Waals surface area contributed by atoms with Crippen LogP contribution in [0.2, 0.25) is 10.0 Å². The van der Waals surface area contributed by atoms with E-state index in [1.54, 1.807) is 60.7 Å². The standard InChI is InChI=1S/C42H35Cl2F3N4O7/c43-25-9-7-23(8-10-25)41-31(38(55)51(40(41)57)49-36-32(44)19-24(21-48-36)42(45,46)47)20-30-27(35(41)28-3-1-2-4-33(28)58-18-17-52)13-14-29-34(30)39(56)50(37(29)54)16-15-22-5-11-26(53)12-6-22/h1-13,19,21,29-31,34-35,52-53H,14-18,20H2,(H,48,49). The first kappa shape index (κ1) is 39.4. The number of para-hydroxylation sites is 1. The molecule has 0 bridgehead atoms. The number of amides is 4. The third-order valence-corrected chi connectivity index (χ3v) is 12.3. The molecule has 0 radical (unpaired) electrons. The molecule has 1 saturated carbocycles. The first-order valence-corrected chi connectivity index (χ1v) is 19.3. The third kappa shape index (κ3) is 6.47. The van der Waals surface area contributed by atoms with Gasteiger partial charge in [0.2, 0.25) is 11.8 Å². The van der Waals surface area contributed by atoms with Gasteiger partial charge in [0.25, 0.3) is 11.8 Å². The van der Waals surface area contributed by atoms with Crippen molar-refractivity contribution >= 4 is 52.6 Å². The van der Waals surface area contributed by atoms with Crippen molar-refractivity contribution in [2.45, 2.75) is 36.8 Å². The van der Waals surface area contributed by atoms with Gasteiger partial charge in [0.1, 0.15) is 18.1 Å². The number of aromatic nitrogens is 1. The minimum atomic E-state index is -4.76. The second kappa shape index (κ2) is 15.1. The number of hydrogen-bond acceptors (Lipinski definition) is 9. The highest BCUT2D eigenvalue weighted by Crippen LogP contribution is 2.65. The van der Waals surface area contributed by atoms with Crippen LogP contribution in [0.3, 0.4) is 0 Å². The molecule has 3 aromatic carbocycles. The Morgan fingerprint density at radius 2 is 1.66 bits per heavy atom. The predicted octanol–water partition coefficient (Wildman–Crippen LogP) is 6.71. The number of ether oxygens (including phenoxy) is 1. The summed E-state index contributed by atoms with van der Waals surface area (Å²) in [4.78, 5) is 63.9. The maximum absolute atomic E-state index is 15.4. The molecule has 3 N–H and O–H groups in total. The van der Waals surface area contributed by atoms with Crippen molar-refractivity contribution in [3.63, 3.8) is 0 Å². The van der Waals surface area contributed by atoms with Crippen LogP contribution in [-0.2, 0) is 37.2 Å². The summed E-state index contributed by atoms with van der Waals surface area (Å²) < 4.78 is 46.6. The van der Waals surface area contributed by atoms with Gasteiger partial charge in [-0.1, -0.05) is 77.3 Å². The van der Waals surface area contributed by atoms with Crippen molar-refractivity contribution in [3.05, 3.63) is 129 Å². The minimum Gasteiger partial charge on any atom is -0.508 e. The number of imide groups is 2. The molecule has 4 aliphatic rings. The Hall–Kier alpha value is -5.44. The Morgan fingerprint density at radius 3 is 2.34 bits per heavy atom. The second-order valence-electron chi connectivity index (χ2n) is 14.8. The van der Waals surface area contributed by atoms with Gasteiger partial charge in [0.15, 0.2) is 5.82 Å². The number of phenols is 1. The molecule has 6 unspecified atom stereocenters. The van der Waals surface area contributed by atoms with Gasteiger partial charge in [0, 0.05) is 29.2 Å². The monoisotopic (exact) mass is 834 g/mol. The van der Waals surface area contributed by atoms with Crippen LogP contribution in [0.25, 0.3) is 0 Å². The topological polar surface area (TPSA) is 149 Å². The molecule has 2 saturated heterocycles. The fraction of sp³-hybridized carbons (Fsp3) is 0.310. The summed E-state index contributed by atoms with van der Waals surface area (Å²) in [5.74, 6) is -6.77. The molecule has 4 amide bonds. The molecule has 3 heterocycles. The molecule has 11 nitrogen and oxygen atoms in total. The number of aliphatic hydroxyl groups is 1. The number of nitrogens with one attached hydrogen (secondary N) is 1. The van der Waals surface area contributed by atoms with Crippen molar-refractivity contribution in [3.8, 4) is 11.5 Å². The molecule has 2 aliphatic heterocycles. The van der Waals surface area contributed by atoms with Crippen LogP contribution >= 0.6 is 23.2 Å². The van der Waals surface area contributed by atoms with Crippen LogP contribution in [0.4, 0.5) is 19.0 Å². The fourth-order valence-corrected chi connectivity index (χ4v) is 9.66. The number of hydrazine groups is 1. The lowest BCUT2D eigenvalue weighted by Crippen LogP contribution is -2.53. The first-order chi connectivity index (χ1) is 27.7. The van der Waals surface area contributed by atoms with E-state index < -0.39 is 69.5 Å². The number of fused-ring (bicyclic) bond motifs is 4. The van der Waals surface area contributed by atoms with E-state index >= 15 is 4.79 Å². The maximum Gasteiger partial charge on any atom is 0.417 e. The van der Waals surface area contributed by atoms with Crippen molar-refractivity contribution in [2.75, 3.05) is 25.2 Å². The highest BCUT2D eigenvalue weighted by atomic mass is 35.5. The molecular formula is C42H35Cl2F3N4O7. The van der Waals surface area contributed by atoms with E-state index in [1.807, 2.05) is 6.08 Å². The van der Waals surface area contributed by atoms with E-state index in [4.69, 9.17) is 27.9 Å². The number of pyridine rings is 1. The molecule has 300 valence electrons. The minimum absolute atomic E-state index is 0.0481. The number of halogens is 5. The first-order valence-electron chi connectivity index (χ1n) is 18.5. The SMILES string of the molecule is O=C1C2CC=C3C(CC4C(=O)N(Nc5ncc(C(F)(F)F)cc5Cl)C(=O)C4(c4ccc(Cl)cc4)C3c3ccccc3OCCO)C2C(=O)N1CCc1ccc(O)cc1. The molecule has 16 heteroatoms. The quantitative estimate of drug-likeness (QED) is 0.117. The Kier molecular flexibility index (Phi) is 10.2. The molecule has 0 spiro atoms.